The number of hydrogen-bond donors (Lipinski definition) is 1. The Balaban J connectivity index is 0.00000208. The zero-order valence-electron chi connectivity index (χ0n) is 13.8. The van der Waals surface area contributed by atoms with Gasteiger partial charge in [-0.05, 0) is 30.2 Å². The van der Waals surface area contributed by atoms with E-state index in [9.17, 15) is 4.39 Å². The second-order valence-electron chi connectivity index (χ2n) is 6.07. The Hall–Kier alpha value is -1.62. The van der Waals surface area contributed by atoms with Crippen LogP contribution in [0.25, 0.3) is 0 Å². The molecular weight excluding hydrogens is 327 g/mol. The summed E-state index contributed by atoms with van der Waals surface area (Å²) in [7, 11) is 0. The maximum absolute atomic E-state index is 14.0. The third-order valence-corrected chi connectivity index (χ3v) is 4.37. The molecule has 3 nitrogen and oxygen atoms in total. The van der Waals surface area contributed by atoms with E-state index >= 15 is 0 Å². The molecule has 1 fully saturated rings. The van der Waals surface area contributed by atoms with Gasteiger partial charge in [0.15, 0.2) is 11.6 Å². The molecule has 1 aliphatic heterocycles. The molecule has 2 aromatic carbocycles. The molecule has 3 rings (SSSR count). The highest BCUT2D eigenvalue weighted by atomic mass is 35.5. The van der Waals surface area contributed by atoms with Crippen molar-refractivity contribution >= 4 is 12.4 Å². The second kappa shape index (κ2) is 8.47. The number of rotatable bonds is 5. The van der Waals surface area contributed by atoms with Gasteiger partial charge in [-0.3, -0.25) is 4.90 Å². The summed E-state index contributed by atoms with van der Waals surface area (Å²) in [5, 5.41) is 0. The van der Waals surface area contributed by atoms with E-state index in [0.29, 0.717) is 24.8 Å². The number of ether oxygens (including phenoxy) is 1. The van der Waals surface area contributed by atoms with E-state index < -0.39 is 0 Å². The predicted molar refractivity (Wildman–Crippen MR) is 97.3 cm³/mol. The fourth-order valence-electron chi connectivity index (χ4n) is 3.27. The van der Waals surface area contributed by atoms with E-state index in [0.717, 1.165) is 18.7 Å². The number of nitrogens with two attached hydrogens (primary N) is 1. The summed E-state index contributed by atoms with van der Waals surface area (Å²) in [5.41, 5.74) is 8.54. The van der Waals surface area contributed by atoms with E-state index in [1.54, 1.807) is 12.1 Å². The minimum atomic E-state index is -0.299. The molecule has 1 heterocycles. The largest absolute Gasteiger partial charge is 0.491 e. The van der Waals surface area contributed by atoms with Crippen LogP contribution in [0.3, 0.4) is 0 Å². The van der Waals surface area contributed by atoms with Gasteiger partial charge in [0.25, 0.3) is 0 Å². The van der Waals surface area contributed by atoms with Crippen molar-refractivity contribution in [1.82, 2.24) is 4.90 Å². The van der Waals surface area contributed by atoms with Crippen LogP contribution in [0, 0.1) is 5.82 Å². The molecule has 24 heavy (non-hydrogen) atoms. The molecule has 0 bridgehead atoms. The zero-order chi connectivity index (χ0) is 16.2. The summed E-state index contributed by atoms with van der Waals surface area (Å²) in [4.78, 5) is 2.29. The van der Waals surface area contributed by atoms with Crippen molar-refractivity contribution in [2.45, 2.75) is 25.4 Å². The number of halogens is 2. The predicted octanol–water partition coefficient (Wildman–Crippen LogP) is 3.57. The van der Waals surface area contributed by atoms with Crippen molar-refractivity contribution in [2.75, 3.05) is 19.7 Å². The van der Waals surface area contributed by atoms with Gasteiger partial charge in [0.05, 0.1) is 6.61 Å². The van der Waals surface area contributed by atoms with Gasteiger partial charge in [-0.15, -0.1) is 12.4 Å². The summed E-state index contributed by atoms with van der Waals surface area (Å²) in [6.45, 7) is 4.76. The van der Waals surface area contributed by atoms with Gasteiger partial charge < -0.3 is 10.5 Å². The fourth-order valence-corrected chi connectivity index (χ4v) is 3.27. The lowest BCUT2D eigenvalue weighted by Gasteiger charge is -2.16. The van der Waals surface area contributed by atoms with Crippen LogP contribution >= 0.6 is 12.4 Å². The van der Waals surface area contributed by atoms with Crippen LogP contribution in [0.5, 0.6) is 5.75 Å². The van der Waals surface area contributed by atoms with Crippen LogP contribution in [0.4, 0.5) is 4.39 Å². The van der Waals surface area contributed by atoms with E-state index in [1.807, 2.05) is 31.2 Å². The molecule has 0 aromatic heterocycles. The molecule has 1 saturated heterocycles. The Morgan fingerprint density at radius 2 is 1.92 bits per heavy atom. The summed E-state index contributed by atoms with van der Waals surface area (Å²) in [6.07, 6.45) is 0. The highest BCUT2D eigenvalue weighted by molar-refractivity contribution is 5.85. The maximum Gasteiger partial charge on any atom is 0.165 e. The third-order valence-electron chi connectivity index (χ3n) is 4.37. The number of nitrogens with zero attached hydrogens (tertiary/aromatic N) is 1. The fraction of sp³-hybridized carbons (Fsp3) is 0.368. The zero-order valence-corrected chi connectivity index (χ0v) is 14.6. The molecule has 0 saturated carbocycles. The summed E-state index contributed by atoms with van der Waals surface area (Å²) < 4.78 is 19.2. The topological polar surface area (TPSA) is 38.5 Å². The molecule has 2 N–H and O–H groups in total. The average Bonchev–Trinajstić information content (AvgIpc) is 2.91. The lowest BCUT2D eigenvalue weighted by Crippen LogP contribution is -2.28. The van der Waals surface area contributed by atoms with Crippen LogP contribution in [0.1, 0.15) is 24.0 Å². The van der Waals surface area contributed by atoms with Crippen LogP contribution in [-0.4, -0.2) is 30.6 Å². The smallest absolute Gasteiger partial charge is 0.165 e. The normalized spacial score (nSPS) is 20.6. The molecule has 2 atom stereocenters. The third kappa shape index (κ3) is 4.26. The second-order valence-corrected chi connectivity index (χ2v) is 6.07. The minimum absolute atomic E-state index is 0. The first-order valence-electron chi connectivity index (χ1n) is 8.11. The molecule has 1 aliphatic rings. The summed E-state index contributed by atoms with van der Waals surface area (Å²) in [6, 6.07) is 15.7. The average molecular weight is 351 g/mol. The maximum atomic E-state index is 14.0. The van der Waals surface area contributed by atoms with E-state index in [4.69, 9.17) is 10.5 Å². The Labute approximate surface area is 149 Å². The van der Waals surface area contributed by atoms with E-state index in [1.165, 1.54) is 5.56 Å². The first kappa shape index (κ1) is 18.7. The Bertz CT molecular complexity index is 653. The monoisotopic (exact) mass is 350 g/mol. The summed E-state index contributed by atoms with van der Waals surface area (Å²) in [5.74, 6) is 0.354. The molecule has 0 radical (unpaired) electrons. The highest BCUT2D eigenvalue weighted by Crippen LogP contribution is 2.28. The summed E-state index contributed by atoms with van der Waals surface area (Å²) >= 11 is 0. The molecule has 5 heteroatoms. The van der Waals surface area contributed by atoms with E-state index in [2.05, 4.69) is 17.0 Å². The SMILES string of the molecule is CCOc1ccc(CN2C[C@@H](N)[C@H](c3ccccc3)C2)cc1F.Cl. The van der Waals surface area contributed by atoms with Gasteiger partial charge in [0.2, 0.25) is 0 Å². The number of hydrogen-bond acceptors (Lipinski definition) is 3. The Morgan fingerprint density at radius 3 is 2.58 bits per heavy atom. The standard InChI is InChI=1S/C19H23FN2O.ClH/c1-2-23-19-9-8-14(10-17(19)20)11-22-12-16(18(21)13-22)15-6-4-3-5-7-15;/h3-10,16,18H,2,11-13,21H2,1H3;1H/t16-,18+;/m0./s1. The molecule has 0 spiro atoms. The first-order valence-corrected chi connectivity index (χ1v) is 8.11. The van der Waals surface area contributed by atoms with Crippen molar-refractivity contribution in [3.05, 3.63) is 65.5 Å². The van der Waals surface area contributed by atoms with Crippen molar-refractivity contribution in [3.8, 4) is 5.75 Å². The van der Waals surface area contributed by atoms with Gasteiger partial charge in [-0.25, -0.2) is 4.39 Å². The molecule has 0 amide bonds. The Morgan fingerprint density at radius 1 is 1.17 bits per heavy atom. The van der Waals surface area contributed by atoms with Gasteiger partial charge in [0.1, 0.15) is 0 Å². The molecular formula is C19H24ClFN2O. The minimum Gasteiger partial charge on any atom is -0.491 e. The lowest BCUT2D eigenvalue weighted by atomic mass is 9.95. The molecule has 0 unspecified atom stereocenters. The Kier molecular flexibility index (Phi) is 6.60. The van der Waals surface area contributed by atoms with Crippen molar-refractivity contribution in [3.63, 3.8) is 0 Å². The van der Waals surface area contributed by atoms with Crippen molar-refractivity contribution < 1.29 is 9.13 Å². The van der Waals surface area contributed by atoms with Crippen LogP contribution < -0.4 is 10.5 Å². The van der Waals surface area contributed by atoms with Gasteiger partial charge >= 0.3 is 0 Å². The van der Waals surface area contributed by atoms with Crippen molar-refractivity contribution in [2.24, 2.45) is 5.73 Å². The number of benzene rings is 2. The first-order chi connectivity index (χ1) is 11.2. The van der Waals surface area contributed by atoms with Crippen molar-refractivity contribution in [1.29, 1.82) is 0 Å². The van der Waals surface area contributed by atoms with Crippen LogP contribution in [-0.2, 0) is 6.54 Å². The van der Waals surface area contributed by atoms with Gasteiger partial charge in [-0.2, -0.15) is 0 Å². The molecule has 130 valence electrons. The van der Waals surface area contributed by atoms with Gasteiger partial charge in [-0.1, -0.05) is 36.4 Å². The van der Waals surface area contributed by atoms with Gasteiger partial charge in [0, 0.05) is 31.6 Å². The lowest BCUT2D eigenvalue weighted by molar-refractivity contribution is 0.314. The van der Waals surface area contributed by atoms with Crippen LogP contribution in [0.2, 0.25) is 0 Å². The number of likely N-dealkylation sites (tertiary alicyclic amines) is 1. The highest BCUT2D eigenvalue weighted by Gasteiger charge is 2.31. The molecule has 2 aromatic rings. The quantitative estimate of drug-likeness (QED) is 0.895. The van der Waals surface area contributed by atoms with E-state index in [-0.39, 0.29) is 24.3 Å². The molecule has 0 aliphatic carbocycles. The van der Waals surface area contributed by atoms with Crippen LogP contribution in [0.15, 0.2) is 48.5 Å².